The Kier molecular flexibility index (Phi) is 4.58. The Morgan fingerprint density at radius 3 is 2.30 bits per heavy atom. The number of methoxy groups -OCH3 is 2. The quantitative estimate of drug-likeness (QED) is 0.909. The molecule has 20 heavy (non-hydrogen) atoms. The molecule has 1 heterocycles. The van der Waals surface area contributed by atoms with Gasteiger partial charge in [0.1, 0.15) is 0 Å². The third-order valence-corrected chi connectivity index (χ3v) is 3.28. The lowest BCUT2D eigenvalue weighted by Crippen LogP contribution is -2.18. The molecule has 0 aliphatic heterocycles. The molecule has 0 bridgehead atoms. The summed E-state index contributed by atoms with van der Waals surface area (Å²) in [5, 5.41) is 3.33. The number of pyridine rings is 1. The van der Waals surface area contributed by atoms with Gasteiger partial charge < -0.3 is 14.8 Å². The largest absolute Gasteiger partial charge is 0.493 e. The third kappa shape index (κ3) is 2.91. The van der Waals surface area contributed by atoms with E-state index in [9.17, 15) is 0 Å². The zero-order chi connectivity index (χ0) is 14.5. The zero-order valence-corrected chi connectivity index (χ0v) is 12.3. The predicted octanol–water partition coefficient (Wildman–Crippen LogP) is 2.72. The van der Waals surface area contributed by atoms with Crippen LogP contribution in [0.2, 0.25) is 0 Å². The van der Waals surface area contributed by atoms with E-state index in [0.29, 0.717) is 0 Å². The molecule has 0 aliphatic carbocycles. The van der Waals surface area contributed by atoms with Crippen LogP contribution in [0.4, 0.5) is 0 Å². The molecular formula is C16H20N2O2. The molecule has 0 saturated heterocycles. The number of benzene rings is 1. The van der Waals surface area contributed by atoms with Crippen LogP contribution in [-0.2, 0) is 0 Å². The average molecular weight is 272 g/mol. The monoisotopic (exact) mass is 272 g/mol. The van der Waals surface area contributed by atoms with Gasteiger partial charge in [-0.05, 0) is 49.4 Å². The number of aromatic nitrogens is 1. The summed E-state index contributed by atoms with van der Waals surface area (Å²) in [6.07, 6.45) is 1.83. The molecule has 0 saturated carbocycles. The van der Waals surface area contributed by atoms with Crippen LogP contribution in [0.1, 0.15) is 22.9 Å². The van der Waals surface area contributed by atoms with Crippen molar-refractivity contribution in [1.29, 1.82) is 0 Å². The van der Waals surface area contributed by atoms with Gasteiger partial charge in [0.25, 0.3) is 0 Å². The maximum Gasteiger partial charge on any atom is 0.161 e. The normalized spacial score (nSPS) is 12.0. The summed E-state index contributed by atoms with van der Waals surface area (Å²) >= 11 is 0. The fraction of sp³-hybridized carbons (Fsp3) is 0.312. The number of hydrogen-bond acceptors (Lipinski definition) is 4. The molecule has 4 heteroatoms. The number of nitrogens with zero attached hydrogens (tertiary/aromatic N) is 1. The van der Waals surface area contributed by atoms with Crippen molar-refractivity contribution in [1.82, 2.24) is 10.3 Å². The van der Waals surface area contributed by atoms with E-state index < -0.39 is 0 Å². The van der Waals surface area contributed by atoms with Crippen molar-refractivity contribution in [3.05, 3.63) is 53.3 Å². The van der Waals surface area contributed by atoms with Crippen LogP contribution in [0.25, 0.3) is 0 Å². The SMILES string of the molecule is CNC(c1ccnc(C)c1)c1ccc(OC)c(OC)c1. The molecule has 1 aromatic heterocycles. The van der Waals surface area contributed by atoms with E-state index in [1.807, 2.05) is 44.4 Å². The number of nitrogens with one attached hydrogen (secondary N) is 1. The molecule has 1 atom stereocenters. The van der Waals surface area contributed by atoms with Gasteiger partial charge in [-0.3, -0.25) is 4.98 Å². The molecule has 0 aliphatic rings. The summed E-state index contributed by atoms with van der Waals surface area (Å²) in [6, 6.07) is 10.2. The molecule has 2 rings (SSSR count). The van der Waals surface area contributed by atoms with Crippen molar-refractivity contribution in [2.24, 2.45) is 0 Å². The Morgan fingerprint density at radius 2 is 1.70 bits per heavy atom. The first-order chi connectivity index (χ1) is 9.69. The van der Waals surface area contributed by atoms with Gasteiger partial charge in [0, 0.05) is 11.9 Å². The van der Waals surface area contributed by atoms with Crippen LogP contribution >= 0.6 is 0 Å². The van der Waals surface area contributed by atoms with Crippen molar-refractivity contribution in [2.45, 2.75) is 13.0 Å². The predicted molar refractivity (Wildman–Crippen MR) is 79.4 cm³/mol. The van der Waals surface area contributed by atoms with E-state index in [-0.39, 0.29) is 6.04 Å². The summed E-state index contributed by atoms with van der Waals surface area (Å²) in [6.45, 7) is 1.99. The second kappa shape index (κ2) is 6.39. The molecule has 0 spiro atoms. The Hall–Kier alpha value is -2.07. The van der Waals surface area contributed by atoms with E-state index in [2.05, 4.69) is 16.4 Å². The molecular weight excluding hydrogens is 252 g/mol. The van der Waals surface area contributed by atoms with Crippen LogP contribution in [0, 0.1) is 6.92 Å². The van der Waals surface area contributed by atoms with Crippen LogP contribution < -0.4 is 14.8 Å². The highest BCUT2D eigenvalue weighted by Crippen LogP contribution is 2.32. The van der Waals surface area contributed by atoms with Crippen LogP contribution in [-0.4, -0.2) is 26.3 Å². The van der Waals surface area contributed by atoms with Crippen LogP contribution in [0.5, 0.6) is 11.5 Å². The first kappa shape index (κ1) is 14.3. The Morgan fingerprint density at radius 1 is 1.00 bits per heavy atom. The molecule has 0 fully saturated rings. The maximum absolute atomic E-state index is 5.37. The average Bonchev–Trinajstić information content (AvgIpc) is 2.48. The lowest BCUT2D eigenvalue weighted by molar-refractivity contribution is 0.354. The highest BCUT2D eigenvalue weighted by Gasteiger charge is 2.15. The minimum Gasteiger partial charge on any atom is -0.493 e. The van der Waals surface area contributed by atoms with Crippen LogP contribution in [0.15, 0.2) is 36.5 Å². The first-order valence-electron chi connectivity index (χ1n) is 6.51. The molecule has 106 valence electrons. The molecule has 1 unspecified atom stereocenters. The standard InChI is InChI=1S/C16H20N2O2/c1-11-9-13(7-8-18-11)16(17-2)12-5-6-14(19-3)15(10-12)20-4/h5-10,16-17H,1-4H3. The van der Waals surface area contributed by atoms with E-state index >= 15 is 0 Å². The molecule has 2 aromatic rings. The van der Waals surface area contributed by atoms with Gasteiger partial charge in [-0.15, -0.1) is 0 Å². The maximum atomic E-state index is 5.37. The van der Waals surface area contributed by atoms with Gasteiger partial charge in [0.2, 0.25) is 0 Å². The summed E-state index contributed by atoms with van der Waals surface area (Å²) in [5.74, 6) is 1.47. The fourth-order valence-corrected chi connectivity index (χ4v) is 2.31. The summed E-state index contributed by atoms with van der Waals surface area (Å²) < 4.78 is 10.6. The molecule has 0 amide bonds. The third-order valence-electron chi connectivity index (χ3n) is 3.28. The molecule has 4 nitrogen and oxygen atoms in total. The number of hydrogen-bond donors (Lipinski definition) is 1. The van der Waals surface area contributed by atoms with Crippen molar-refractivity contribution in [3.63, 3.8) is 0 Å². The highest BCUT2D eigenvalue weighted by atomic mass is 16.5. The van der Waals surface area contributed by atoms with Gasteiger partial charge in [0.05, 0.1) is 20.3 Å². The van der Waals surface area contributed by atoms with Gasteiger partial charge in [0.15, 0.2) is 11.5 Å². The van der Waals surface area contributed by atoms with E-state index in [1.54, 1.807) is 14.2 Å². The van der Waals surface area contributed by atoms with Crippen molar-refractivity contribution < 1.29 is 9.47 Å². The minimum atomic E-state index is 0.0940. The van der Waals surface area contributed by atoms with E-state index in [1.165, 1.54) is 5.56 Å². The van der Waals surface area contributed by atoms with Crippen molar-refractivity contribution in [3.8, 4) is 11.5 Å². The lowest BCUT2D eigenvalue weighted by Gasteiger charge is -2.19. The highest BCUT2D eigenvalue weighted by molar-refractivity contribution is 5.45. The number of rotatable bonds is 5. The van der Waals surface area contributed by atoms with Gasteiger partial charge in [-0.25, -0.2) is 0 Å². The minimum absolute atomic E-state index is 0.0940. The Labute approximate surface area is 119 Å². The second-order valence-electron chi connectivity index (χ2n) is 4.57. The Balaban J connectivity index is 2.41. The summed E-state index contributed by atoms with van der Waals surface area (Å²) in [7, 11) is 5.23. The van der Waals surface area contributed by atoms with E-state index in [4.69, 9.17) is 9.47 Å². The number of ether oxygens (including phenoxy) is 2. The fourth-order valence-electron chi connectivity index (χ4n) is 2.31. The molecule has 1 N–H and O–H groups in total. The summed E-state index contributed by atoms with van der Waals surface area (Å²) in [5.41, 5.74) is 3.30. The first-order valence-corrected chi connectivity index (χ1v) is 6.51. The summed E-state index contributed by atoms with van der Waals surface area (Å²) in [4.78, 5) is 4.24. The zero-order valence-electron chi connectivity index (χ0n) is 12.3. The lowest BCUT2D eigenvalue weighted by atomic mass is 9.98. The second-order valence-corrected chi connectivity index (χ2v) is 4.57. The topological polar surface area (TPSA) is 43.4 Å². The molecule has 1 aromatic carbocycles. The van der Waals surface area contributed by atoms with Gasteiger partial charge >= 0.3 is 0 Å². The van der Waals surface area contributed by atoms with Gasteiger partial charge in [-0.1, -0.05) is 6.07 Å². The van der Waals surface area contributed by atoms with E-state index in [0.717, 1.165) is 22.8 Å². The van der Waals surface area contributed by atoms with Gasteiger partial charge in [-0.2, -0.15) is 0 Å². The molecule has 0 radical (unpaired) electrons. The Bertz CT molecular complexity index is 584. The van der Waals surface area contributed by atoms with Crippen LogP contribution in [0.3, 0.4) is 0 Å². The van der Waals surface area contributed by atoms with Crippen molar-refractivity contribution >= 4 is 0 Å². The smallest absolute Gasteiger partial charge is 0.161 e. The number of aryl methyl sites for hydroxylation is 1. The van der Waals surface area contributed by atoms with Crippen molar-refractivity contribution in [2.75, 3.05) is 21.3 Å².